The number of hydroxylamine groups is 1. The lowest BCUT2D eigenvalue weighted by atomic mass is 10.0. The van der Waals surface area contributed by atoms with Crippen molar-refractivity contribution in [3.05, 3.63) is 60.3 Å². The zero-order valence-corrected chi connectivity index (χ0v) is 22.8. The standard InChI is InChI=1S/C27H34N4O8S/c32-26(25(12-19-6-2-1-3-7-19)29-27(33)38-22-16-36-18-37-17-22)15-31(39-21-8-4-5-9-21)40(34,35)23-11-10-20-14-28-30-24(20)13-23/h1-3,6-7,10-11,13-14,21-22,25-26,32H,4-5,8-9,12,15-18H2,(H,28,30)(H,29,33). The first-order valence-corrected chi connectivity index (χ1v) is 14.8. The lowest BCUT2D eigenvalue weighted by Gasteiger charge is -2.31. The molecule has 2 unspecified atom stereocenters. The Balaban J connectivity index is 1.37. The number of ether oxygens (including phenoxy) is 3. The number of alkyl carbamates (subject to hydrolysis) is 1. The van der Waals surface area contributed by atoms with Gasteiger partial charge in [0.25, 0.3) is 10.0 Å². The zero-order chi connectivity index (χ0) is 28.0. The number of fused-ring (bicyclic) bond motifs is 1. The Hall–Kier alpha value is -3.07. The van der Waals surface area contributed by atoms with Crippen molar-refractivity contribution in [3.63, 3.8) is 0 Å². The molecule has 12 nitrogen and oxygen atoms in total. The third-order valence-corrected chi connectivity index (χ3v) is 8.62. The molecule has 1 amide bonds. The van der Waals surface area contributed by atoms with E-state index in [0.717, 1.165) is 28.3 Å². The maximum Gasteiger partial charge on any atom is 0.407 e. The van der Waals surface area contributed by atoms with Crippen LogP contribution in [-0.4, -0.2) is 85.2 Å². The number of aromatic nitrogens is 2. The molecule has 40 heavy (non-hydrogen) atoms. The van der Waals surface area contributed by atoms with Gasteiger partial charge in [-0.15, -0.1) is 0 Å². The molecule has 5 rings (SSSR count). The summed E-state index contributed by atoms with van der Waals surface area (Å²) in [5.41, 5.74) is 1.40. The molecule has 0 spiro atoms. The molecular formula is C27H34N4O8S. The number of benzene rings is 2. The highest BCUT2D eigenvalue weighted by Crippen LogP contribution is 2.27. The quantitative estimate of drug-likeness (QED) is 0.293. The number of aliphatic hydroxyl groups is 1. The highest BCUT2D eigenvalue weighted by Gasteiger charge is 2.35. The number of aliphatic hydroxyl groups excluding tert-OH is 1. The van der Waals surface area contributed by atoms with E-state index in [1.54, 1.807) is 12.3 Å². The smallest absolute Gasteiger partial charge is 0.407 e. The predicted molar refractivity (Wildman–Crippen MR) is 143 cm³/mol. The van der Waals surface area contributed by atoms with Crippen LogP contribution in [0.15, 0.2) is 59.6 Å². The van der Waals surface area contributed by atoms with E-state index in [2.05, 4.69) is 15.5 Å². The summed E-state index contributed by atoms with van der Waals surface area (Å²) in [6.45, 7) is 0.116. The molecule has 2 fully saturated rings. The van der Waals surface area contributed by atoms with Crippen molar-refractivity contribution in [2.24, 2.45) is 0 Å². The lowest BCUT2D eigenvalue weighted by molar-refractivity contribution is -0.153. The van der Waals surface area contributed by atoms with E-state index in [0.29, 0.717) is 18.4 Å². The van der Waals surface area contributed by atoms with Gasteiger partial charge >= 0.3 is 6.09 Å². The Morgan fingerprint density at radius 2 is 1.88 bits per heavy atom. The number of nitrogens with one attached hydrogen (secondary N) is 2. The first kappa shape index (κ1) is 28.5. The van der Waals surface area contributed by atoms with E-state index < -0.39 is 40.9 Å². The molecule has 2 aromatic carbocycles. The molecule has 0 radical (unpaired) electrons. The number of nitrogens with zero attached hydrogens (tertiary/aromatic N) is 2. The van der Waals surface area contributed by atoms with Crippen molar-refractivity contribution in [3.8, 4) is 0 Å². The van der Waals surface area contributed by atoms with Gasteiger partial charge in [-0.1, -0.05) is 47.6 Å². The number of carbonyl (C=O) groups is 1. The lowest BCUT2D eigenvalue weighted by Crippen LogP contribution is -2.52. The van der Waals surface area contributed by atoms with Gasteiger partial charge in [0.1, 0.15) is 6.79 Å². The first-order chi connectivity index (χ1) is 19.4. The molecule has 0 bridgehead atoms. The van der Waals surface area contributed by atoms with Gasteiger partial charge in [0, 0.05) is 5.39 Å². The Bertz CT molecular complexity index is 1360. The van der Waals surface area contributed by atoms with E-state index in [1.807, 2.05) is 30.3 Å². The van der Waals surface area contributed by atoms with E-state index in [1.165, 1.54) is 12.1 Å². The van der Waals surface area contributed by atoms with Gasteiger partial charge in [-0.25, -0.2) is 13.2 Å². The molecule has 3 N–H and O–H groups in total. The molecule has 216 valence electrons. The number of rotatable bonds is 11. The summed E-state index contributed by atoms with van der Waals surface area (Å²) in [5, 5.41) is 21.6. The third kappa shape index (κ3) is 7.16. The number of aromatic amines is 1. The summed E-state index contributed by atoms with van der Waals surface area (Å²) in [6, 6.07) is 13.0. The van der Waals surface area contributed by atoms with Crippen LogP contribution < -0.4 is 5.32 Å². The highest BCUT2D eigenvalue weighted by atomic mass is 32.2. The fraction of sp³-hybridized carbons (Fsp3) is 0.481. The third-order valence-electron chi connectivity index (χ3n) is 7.00. The second kappa shape index (κ2) is 13.1. The van der Waals surface area contributed by atoms with Crippen molar-refractivity contribution in [2.75, 3.05) is 26.6 Å². The number of H-pyrrole nitrogens is 1. The van der Waals surface area contributed by atoms with Gasteiger partial charge < -0.3 is 24.6 Å². The van der Waals surface area contributed by atoms with Crippen LogP contribution in [0.4, 0.5) is 4.79 Å². The molecule has 3 aromatic rings. The van der Waals surface area contributed by atoms with E-state index in [4.69, 9.17) is 19.0 Å². The fourth-order valence-corrected chi connectivity index (χ4v) is 6.18. The summed E-state index contributed by atoms with van der Waals surface area (Å²) in [6.07, 6.45) is 2.13. The highest BCUT2D eigenvalue weighted by molar-refractivity contribution is 7.89. The van der Waals surface area contributed by atoms with E-state index >= 15 is 0 Å². The maximum absolute atomic E-state index is 13.8. The Labute approximate surface area is 232 Å². The minimum Gasteiger partial charge on any atom is -0.441 e. The maximum atomic E-state index is 13.8. The molecule has 1 saturated heterocycles. The minimum atomic E-state index is -4.18. The van der Waals surface area contributed by atoms with Crippen LogP contribution in [-0.2, 0) is 35.5 Å². The van der Waals surface area contributed by atoms with Gasteiger partial charge in [0.2, 0.25) is 0 Å². The molecular weight excluding hydrogens is 540 g/mol. The normalized spacial score (nSPS) is 18.6. The molecule has 1 aromatic heterocycles. The molecule has 1 saturated carbocycles. The van der Waals surface area contributed by atoms with Gasteiger partial charge in [-0.3, -0.25) is 9.94 Å². The Morgan fingerprint density at radius 1 is 1.12 bits per heavy atom. The molecule has 1 aliphatic carbocycles. The van der Waals surface area contributed by atoms with Crippen LogP contribution >= 0.6 is 0 Å². The predicted octanol–water partition coefficient (Wildman–Crippen LogP) is 2.50. The van der Waals surface area contributed by atoms with Crippen LogP contribution in [0.2, 0.25) is 0 Å². The molecule has 1 aliphatic heterocycles. The van der Waals surface area contributed by atoms with Crippen molar-refractivity contribution in [1.29, 1.82) is 0 Å². The summed E-state index contributed by atoms with van der Waals surface area (Å²) in [7, 11) is -4.18. The molecule has 2 aliphatic rings. The van der Waals surface area contributed by atoms with Crippen LogP contribution in [0.3, 0.4) is 0 Å². The van der Waals surface area contributed by atoms with E-state index in [-0.39, 0.29) is 37.4 Å². The van der Waals surface area contributed by atoms with Crippen molar-refractivity contribution in [1.82, 2.24) is 20.0 Å². The zero-order valence-electron chi connectivity index (χ0n) is 22.0. The second-order valence-electron chi connectivity index (χ2n) is 10.0. The monoisotopic (exact) mass is 574 g/mol. The van der Waals surface area contributed by atoms with Crippen molar-refractivity contribution in [2.45, 2.75) is 61.4 Å². The largest absolute Gasteiger partial charge is 0.441 e. The van der Waals surface area contributed by atoms with Gasteiger partial charge in [0.15, 0.2) is 6.10 Å². The van der Waals surface area contributed by atoms with Crippen LogP contribution in [0, 0.1) is 0 Å². The van der Waals surface area contributed by atoms with Crippen LogP contribution in [0.1, 0.15) is 31.2 Å². The summed E-state index contributed by atoms with van der Waals surface area (Å²) >= 11 is 0. The fourth-order valence-electron chi connectivity index (χ4n) is 4.85. The Morgan fingerprint density at radius 3 is 2.62 bits per heavy atom. The Kier molecular flexibility index (Phi) is 9.29. The number of carbonyl (C=O) groups excluding carboxylic acids is 1. The van der Waals surface area contributed by atoms with E-state index in [9.17, 15) is 18.3 Å². The summed E-state index contributed by atoms with van der Waals surface area (Å²) in [5.74, 6) is 0. The van der Waals surface area contributed by atoms with Crippen molar-refractivity contribution >= 4 is 27.0 Å². The SMILES string of the molecule is O=C(NC(Cc1ccccc1)C(O)CN(OC1CCCC1)S(=O)(=O)c1ccc2cn[nH]c2c1)OC1COCOC1. The van der Waals surface area contributed by atoms with Gasteiger partial charge in [-0.2, -0.15) is 5.10 Å². The molecule has 2 atom stereocenters. The number of amides is 1. The topological polar surface area (TPSA) is 152 Å². The second-order valence-corrected chi connectivity index (χ2v) is 11.8. The molecule has 2 heterocycles. The van der Waals surface area contributed by atoms with Crippen LogP contribution in [0.5, 0.6) is 0 Å². The first-order valence-electron chi connectivity index (χ1n) is 13.4. The summed E-state index contributed by atoms with van der Waals surface area (Å²) < 4.78 is 44.2. The number of hydrogen-bond donors (Lipinski definition) is 3. The molecule has 13 heteroatoms. The number of hydrogen-bond acceptors (Lipinski definition) is 9. The van der Waals surface area contributed by atoms with Gasteiger partial charge in [-0.05, 0) is 43.0 Å². The average molecular weight is 575 g/mol. The van der Waals surface area contributed by atoms with Crippen molar-refractivity contribution < 1.29 is 37.4 Å². The van der Waals surface area contributed by atoms with Crippen LogP contribution in [0.25, 0.3) is 10.9 Å². The number of sulfonamides is 1. The summed E-state index contributed by atoms with van der Waals surface area (Å²) in [4.78, 5) is 18.8. The van der Waals surface area contributed by atoms with Gasteiger partial charge in [0.05, 0.1) is 54.6 Å². The average Bonchev–Trinajstić information content (AvgIpc) is 3.65. The minimum absolute atomic E-state index is 0.00118.